The zero-order chi connectivity index (χ0) is 23.3. The topological polar surface area (TPSA) is 76.5 Å². The predicted octanol–water partition coefficient (Wildman–Crippen LogP) is 5.82. The molecule has 1 N–H and O–H groups in total. The number of fused-ring (bicyclic) bond motifs is 1. The van der Waals surface area contributed by atoms with E-state index in [1.54, 1.807) is 18.5 Å². The number of carbonyl (C=O) groups is 1. The van der Waals surface area contributed by atoms with Crippen molar-refractivity contribution < 1.29 is 9.53 Å². The second-order valence-corrected chi connectivity index (χ2v) is 8.12. The maximum absolute atomic E-state index is 11.3. The van der Waals surface area contributed by atoms with E-state index in [0.717, 1.165) is 16.6 Å². The Hall–Kier alpha value is -2.96. The number of aryl methyl sites for hydroxylation is 1. The molecule has 0 aliphatic heterocycles. The molecule has 2 aromatic heterocycles. The first-order valence-corrected chi connectivity index (χ1v) is 10.8. The van der Waals surface area contributed by atoms with Gasteiger partial charge in [-0.05, 0) is 39.0 Å². The lowest BCUT2D eigenvalue weighted by Crippen LogP contribution is -2.21. The second kappa shape index (κ2) is 10.6. The van der Waals surface area contributed by atoms with Gasteiger partial charge < -0.3 is 10.1 Å². The maximum Gasteiger partial charge on any atom is 0.217 e. The number of rotatable bonds is 7. The number of nitrogens with one attached hydrogen (secondary N) is 1. The number of aliphatic imine (C=N–C) groups is 1. The van der Waals surface area contributed by atoms with E-state index in [1.807, 2.05) is 45.0 Å². The highest BCUT2D eigenvalue weighted by Gasteiger charge is 2.15. The quantitative estimate of drug-likeness (QED) is 0.441. The average Bonchev–Trinajstić information content (AvgIpc) is 2.74. The van der Waals surface area contributed by atoms with Gasteiger partial charge in [-0.1, -0.05) is 35.3 Å². The van der Waals surface area contributed by atoms with Crippen molar-refractivity contribution in [3.05, 3.63) is 69.1 Å². The Morgan fingerprint density at radius 3 is 2.75 bits per heavy atom. The lowest BCUT2D eigenvalue weighted by atomic mass is 10.0. The Balaban J connectivity index is 2.02. The van der Waals surface area contributed by atoms with Crippen molar-refractivity contribution in [1.82, 2.24) is 15.3 Å². The molecule has 3 rings (SSSR count). The Morgan fingerprint density at radius 1 is 1.28 bits per heavy atom. The highest BCUT2D eigenvalue weighted by molar-refractivity contribution is 6.32. The van der Waals surface area contributed by atoms with Gasteiger partial charge in [0.05, 0.1) is 23.0 Å². The monoisotopic (exact) mass is 470 g/mol. The summed E-state index contributed by atoms with van der Waals surface area (Å²) in [6, 6.07) is 9.39. The summed E-state index contributed by atoms with van der Waals surface area (Å²) < 4.78 is 6.16. The summed E-state index contributed by atoms with van der Waals surface area (Å²) in [4.78, 5) is 24.8. The molecule has 0 spiro atoms. The maximum atomic E-state index is 11.3. The van der Waals surface area contributed by atoms with Crippen LogP contribution in [0.5, 0.6) is 5.75 Å². The summed E-state index contributed by atoms with van der Waals surface area (Å²) in [5.74, 6) is 0.456. The molecule has 0 atom stereocenters. The van der Waals surface area contributed by atoms with E-state index in [2.05, 4.69) is 15.3 Å². The third-order valence-electron chi connectivity index (χ3n) is 4.73. The van der Waals surface area contributed by atoms with Crippen molar-refractivity contribution in [3.8, 4) is 5.75 Å². The van der Waals surface area contributed by atoms with Crippen LogP contribution in [-0.2, 0) is 17.9 Å². The van der Waals surface area contributed by atoms with Gasteiger partial charge in [0.1, 0.15) is 17.9 Å². The van der Waals surface area contributed by atoms with Gasteiger partial charge in [-0.15, -0.1) is 0 Å². The van der Waals surface area contributed by atoms with E-state index in [0.29, 0.717) is 38.3 Å². The highest BCUT2D eigenvalue weighted by Crippen LogP contribution is 2.34. The zero-order valence-corrected chi connectivity index (χ0v) is 19.9. The molecule has 0 aliphatic carbocycles. The van der Waals surface area contributed by atoms with E-state index in [9.17, 15) is 4.79 Å². The number of hydrogen-bond donors (Lipinski definition) is 1. The summed E-state index contributed by atoms with van der Waals surface area (Å²) >= 11 is 12.7. The van der Waals surface area contributed by atoms with Gasteiger partial charge in [-0.2, -0.15) is 0 Å². The third-order valence-corrected chi connectivity index (χ3v) is 5.27. The number of ether oxygens (including phenoxy) is 1. The number of amides is 1. The largest absolute Gasteiger partial charge is 0.486 e. The van der Waals surface area contributed by atoms with Crippen molar-refractivity contribution in [2.45, 2.75) is 40.8 Å². The number of benzene rings is 1. The van der Waals surface area contributed by atoms with Gasteiger partial charge in [0.25, 0.3) is 0 Å². The minimum Gasteiger partial charge on any atom is -0.486 e. The number of hydrogen-bond acceptors (Lipinski definition) is 5. The SMILES string of the molecule is C/C=N\C(=C(/C)Cl)c1cc(C)nc2c(OCc3c(Cl)ccnc3CNC(C)=O)cccc12. The number of para-hydroxylation sites is 1. The fraction of sp³-hybridized carbons (Fsp3) is 0.250. The van der Waals surface area contributed by atoms with Crippen LogP contribution in [0, 0.1) is 6.92 Å². The van der Waals surface area contributed by atoms with E-state index in [4.69, 9.17) is 32.9 Å². The number of nitrogens with zero attached hydrogens (tertiary/aromatic N) is 3. The second-order valence-electron chi connectivity index (χ2n) is 7.15. The van der Waals surface area contributed by atoms with Crippen molar-refractivity contribution >= 4 is 51.9 Å². The van der Waals surface area contributed by atoms with Crippen LogP contribution >= 0.6 is 23.2 Å². The van der Waals surface area contributed by atoms with Crippen molar-refractivity contribution in [1.29, 1.82) is 0 Å². The van der Waals surface area contributed by atoms with E-state index in [1.165, 1.54) is 6.92 Å². The van der Waals surface area contributed by atoms with Crippen LogP contribution < -0.4 is 10.1 Å². The van der Waals surface area contributed by atoms with Crippen LogP contribution in [0.25, 0.3) is 16.6 Å². The fourth-order valence-electron chi connectivity index (χ4n) is 3.31. The summed E-state index contributed by atoms with van der Waals surface area (Å²) in [6.45, 7) is 7.48. The molecule has 8 heteroatoms. The smallest absolute Gasteiger partial charge is 0.217 e. The van der Waals surface area contributed by atoms with Gasteiger partial charge in [0.2, 0.25) is 5.91 Å². The Kier molecular flexibility index (Phi) is 7.83. The number of allylic oxidation sites excluding steroid dienone is 1. The van der Waals surface area contributed by atoms with Crippen LogP contribution in [0.4, 0.5) is 0 Å². The lowest BCUT2D eigenvalue weighted by molar-refractivity contribution is -0.119. The molecule has 3 aromatic rings. The summed E-state index contributed by atoms with van der Waals surface area (Å²) in [5.41, 5.74) is 4.45. The molecule has 0 saturated heterocycles. The van der Waals surface area contributed by atoms with Gasteiger partial charge in [0.15, 0.2) is 0 Å². The fourth-order valence-corrected chi connectivity index (χ4v) is 3.68. The van der Waals surface area contributed by atoms with Crippen molar-refractivity contribution in [2.24, 2.45) is 4.99 Å². The summed E-state index contributed by atoms with van der Waals surface area (Å²) in [7, 11) is 0. The van der Waals surface area contributed by atoms with Gasteiger partial charge in [-0.25, -0.2) is 4.98 Å². The minimum absolute atomic E-state index is 0.145. The lowest BCUT2D eigenvalue weighted by Gasteiger charge is -2.15. The first-order valence-electron chi connectivity index (χ1n) is 10.1. The Labute approximate surface area is 197 Å². The molecule has 0 bridgehead atoms. The molecule has 0 aliphatic rings. The zero-order valence-electron chi connectivity index (χ0n) is 18.4. The molecule has 0 unspecified atom stereocenters. The van der Waals surface area contributed by atoms with Crippen LogP contribution in [-0.4, -0.2) is 22.1 Å². The molecule has 6 nitrogen and oxygen atoms in total. The van der Waals surface area contributed by atoms with Gasteiger partial charge >= 0.3 is 0 Å². The molecule has 1 aromatic carbocycles. The number of halogens is 2. The molecule has 2 heterocycles. The van der Waals surface area contributed by atoms with Crippen LogP contribution in [0.2, 0.25) is 5.02 Å². The normalized spacial score (nSPS) is 12.2. The minimum atomic E-state index is -0.145. The summed E-state index contributed by atoms with van der Waals surface area (Å²) in [5, 5.41) is 4.74. The van der Waals surface area contributed by atoms with Gasteiger partial charge in [-0.3, -0.25) is 14.8 Å². The molecular formula is C24H24Cl2N4O2. The first kappa shape index (κ1) is 23.7. The molecule has 0 radical (unpaired) electrons. The average molecular weight is 471 g/mol. The van der Waals surface area contributed by atoms with E-state index >= 15 is 0 Å². The predicted molar refractivity (Wildman–Crippen MR) is 130 cm³/mol. The summed E-state index contributed by atoms with van der Waals surface area (Å²) in [6.07, 6.45) is 3.32. The number of carbonyl (C=O) groups excluding carboxylic acids is 1. The number of pyridine rings is 2. The standard InChI is InChI=1S/C24H24Cl2N4O2/c1-5-27-23(15(3)25)18-11-14(2)30-24-17(18)7-6-8-22(24)32-13-19-20(26)9-10-28-21(19)12-29-16(4)31/h5-11H,12-13H2,1-4H3,(H,29,31)/b23-15+,27-5-. The first-order chi connectivity index (χ1) is 15.3. The van der Waals surface area contributed by atoms with Crippen molar-refractivity contribution in [3.63, 3.8) is 0 Å². The van der Waals surface area contributed by atoms with E-state index < -0.39 is 0 Å². The molecule has 166 valence electrons. The molecule has 1 amide bonds. The molecule has 0 saturated carbocycles. The van der Waals surface area contributed by atoms with Crippen LogP contribution in [0.15, 0.2) is 46.6 Å². The van der Waals surface area contributed by atoms with Gasteiger partial charge in [0, 0.05) is 46.6 Å². The molecular weight excluding hydrogens is 447 g/mol. The molecule has 32 heavy (non-hydrogen) atoms. The Morgan fingerprint density at radius 2 is 2.06 bits per heavy atom. The van der Waals surface area contributed by atoms with E-state index in [-0.39, 0.29) is 19.1 Å². The van der Waals surface area contributed by atoms with Crippen LogP contribution in [0.3, 0.4) is 0 Å². The third kappa shape index (κ3) is 5.44. The Bertz CT molecular complexity index is 1220. The molecule has 0 fully saturated rings. The highest BCUT2D eigenvalue weighted by atomic mass is 35.5. The van der Waals surface area contributed by atoms with Crippen molar-refractivity contribution in [2.75, 3.05) is 0 Å². The number of aromatic nitrogens is 2. The van der Waals surface area contributed by atoms with Crippen LogP contribution in [0.1, 0.15) is 43.3 Å².